The van der Waals surface area contributed by atoms with Crippen molar-refractivity contribution in [2.75, 3.05) is 17.7 Å². The average Bonchev–Trinajstić information content (AvgIpc) is 2.50. The molecule has 0 aliphatic heterocycles. The molecule has 112 valence electrons. The molecule has 0 amide bonds. The fraction of sp³-hybridized carbons (Fsp3) is 0.375. The molecule has 2 rings (SSSR count). The highest BCUT2D eigenvalue weighted by Crippen LogP contribution is 2.26. The molecular formula is C16H22N4O. The predicted molar refractivity (Wildman–Crippen MR) is 85.4 cm³/mol. The molecule has 5 heteroatoms. The molecule has 1 aromatic carbocycles. The molecule has 5 nitrogen and oxygen atoms in total. The van der Waals surface area contributed by atoms with Crippen molar-refractivity contribution in [1.82, 2.24) is 9.97 Å². The molecule has 0 bridgehead atoms. The molecule has 0 fully saturated rings. The normalized spacial score (nSPS) is 10.4. The van der Waals surface area contributed by atoms with E-state index in [0.29, 0.717) is 30.5 Å². The summed E-state index contributed by atoms with van der Waals surface area (Å²) < 4.78 is 5.50. The third kappa shape index (κ3) is 4.08. The summed E-state index contributed by atoms with van der Waals surface area (Å²) in [6.07, 6.45) is 1.79. The van der Waals surface area contributed by atoms with Crippen LogP contribution < -0.4 is 15.8 Å². The molecule has 0 aliphatic carbocycles. The van der Waals surface area contributed by atoms with Crippen LogP contribution in [0, 0.1) is 0 Å². The van der Waals surface area contributed by atoms with Crippen LogP contribution in [0.2, 0.25) is 0 Å². The summed E-state index contributed by atoms with van der Waals surface area (Å²) in [6, 6.07) is 10.1. The van der Waals surface area contributed by atoms with E-state index >= 15 is 0 Å². The Morgan fingerprint density at radius 1 is 1.14 bits per heavy atom. The minimum absolute atomic E-state index is 0.464. The fourth-order valence-electron chi connectivity index (χ4n) is 1.99. The zero-order valence-corrected chi connectivity index (χ0v) is 12.6. The van der Waals surface area contributed by atoms with Gasteiger partial charge in [-0.1, -0.05) is 37.3 Å². The fourth-order valence-corrected chi connectivity index (χ4v) is 1.99. The number of nitrogens with one attached hydrogen (secondary N) is 1. The van der Waals surface area contributed by atoms with Gasteiger partial charge in [-0.2, -0.15) is 4.98 Å². The Kier molecular flexibility index (Phi) is 5.37. The molecule has 0 radical (unpaired) electrons. The zero-order chi connectivity index (χ0) is 15.1. The lowest BCUT2D eigenvalue weighted by Gasteiger charge is -2.13. The molecule has 0 spiro atoms. The van der Waals surface area contributed by atoms with Crippen molar-refractivity contribution < 1.29 is 4.74 Å². The third-order valence-electron chi connectivity index (χ3n) is 3.01. The van der Waals surface area contributed by atoms with Crippen LogP contribution in [0.3, 0.4) is 0 Å². The second kappa shape index (κ2) is 7.47. The lowest BCUT2D eigenvalue weighted by molar-refractivity contribution is 0.327. The van der Waals surface area contributed by atoms with Crippen LogP contribution in [0.15, 0.2) is 30.3 Å². The van der Waals surface area contributed by atoms with Gasteiger partial charge in [0.2, 0.25) is 5.88 Å². The molecule has 0 unspecified atom stereocenters. The van der Waals surface area contributed by atoms with Gasteiger partial charge in [-0.05, 0) is 18.9 Å². The maximum Gasteiger partial charge on any atom is 0.242 e. The van der Waals surface area contributed by atoms with Crippen molar-refractivity contribution in [2.24, 2.45) is 0 Å². The van der Waals surface area contributed by atoms with Gasteiger partial charge in [-0.25, -0.2) is 4.98 Å². The van der Waals surface area contributed by atoms with Crippen molar-refractivity contribution in [3.8, 4) is 5.88 Å². The van der Waals surface area contributed by atoms with Crippen LogP contribution in [0.25, 0.3) is 0 Å². The molecule has 0 saturated carbocycles. The van der Waals surface area contributed by atoms with Crippen molar-refractivity contribution in [3.05, 3.63) is 41.7 Å². The van der Waals surface area contributed by atoms with Gasteiger partial charge in [0.15, 0.2) is 5.82 Å². The average molecular weight is 286 g/mol. The van der Waals surface area contributed by atoms with Crippen LogP contribution in [-0.2, 0) is 13.0 Å². The maximum atomic E-state index is 6.09. The largest absolute Gasteiger partial charge is 0.476 e. The van der Waals surface area contributed by atoms with Crippen LogP contribution in [-0.4, -0.2) is 16.6 Å². The summed E-state index contributed by atoms with van der Waals surface area (Å²) in [4.78, 5) is 8.86. The highest BCUT2D eigenvalue weighted by atomic mass is 16.5. The number of hydrogen-bond acceptors (Lipinski definition) is 5. The minimum atomic E-state index is 0.464. The Morgan fingerprint density at radius 3 is 2.57 bits per heavy atom. The lowest BCUT2D eigenvalue weighted by Crippen LogP contribution is -2.10. The Morgan fingerprint density at radius 2 is 1.90 bits per heavy atom. The quantitative estimate of drug-likeness (QED) is 0.818. The van der Waals surface area contributed by atoms with Crippen LogP contribution >= 0.6 is 0 Å². The molecule has 0 atom stereocenters. The van der Waals surface area contributed by atoms with E-state index in [1.165, 1.54) is 5.56 Å². The topological polar surface area (TPSA) is 73.1 Å². The highest BCUT2D eigenvalue weighted by Gasteiger charge is 2.12. The van der Waals surface area contributed by atoms with Crippen molar-refractivity contribution in [2.45, 2.75) is 33.2 Å². The molecule has 2 aromatic rings. The van der Waals surface area contributed by atoms with Gasteiger partial charge in [0.05, 0.1) is 6.61 Å². The number of aromatic nitrogens is 2. The van der Waals surface area contributed by atoms with Crippen molar-refractivity contribution >= 4 is 11.5 Å². The van der Waals surface area contributed by atoms with Crippen LogP contribution in [0.5, 0.6) is 5.88 Å². The predicted octanol–water partition coefficient (Wildman–Crippen LogP) is 3.02. The van der Waals surface area contributed by atoms with E-state index < -0.39 is 0 Å². The van der Waals surface area contributed by atoms with Gasteiger partial charge >= 0.3 is 0 Å². The van der Waals surface area contributed by atoms with Gasteiger partial charge in [0.1, 0.15) is 11.5 Å². The molecule has 21 heavy (non-hydrogen) atoms. The number of aryl methyl sites for hydroxylation is 1. The number of benzene rings is 1. The first-order valence-corrected chi connectivity index (χ1v) is 7.31. The van der Waals surface area contributed by atoms with Crippen LogP contribution in [0.1, 0.15) is 31.7 Å². The number of rotatable bonds is 7. The zero-order valence-electron chi connectivity index (χ0n) is 12.6. The summed E-state index contributed by atoms with van der Waals surface area (Å²) in [5, 5.41) is 3.27. The van der Waals surface area contributed by atoms with Gasteiger partial charge in [0.25, 0.3) is 0 Å². The first-order valence-electron chi connectivity index (χ1n) is 7.31. The standard InChI is InChI=1S/C16H22N4O/c1-3-8-13-19-15(14(17)16(20-13)21-4-2)18-11-12-9-6-5-7-10-12/h5-7,9-10H,3-4,8,11,17H2,1-2H3,(H,18,19,20). The Hall–Kier alpha value is -2.30. The number of nitrogens with zero attached hydrogens (tertiary/aromatic N) is 2. The number of nitrogens with two attached hydrogens (primary N) is 1. The molecule has 0 saturated heterocycles. The van der Waals surface area contributed by atoms with E-state index in [1.807, 2.05) is 25.1 Å². The van der Waals surface area contributed by atoms with Gasteiger partial charge in [-0.3, -0.25) is 0 Å². The molecule has 1 aromatic heterocycles. The first-order chi connectivity index (χ1) is 10.2. The second-order valence-corrected chi connectivity index (χ2v) is 4.73. The number of ether oxygens (including phenoxy) is 1. The second-order valence-electron chi connectivity index (χ2n) is 4.73. The van der Waals surface area contributed by atoms with E-state index in [2.05, 4.69) is 34.3 Å². The van der Waals surface area contributed by atoms with Crippen molar-refractivity contribution in [1.29, 1.82) is 0 Å². The Balaban J connectivity index is 2.20. The molecule has 1 heterocycles. The summed E-state index contributed by atoms with van der Waals surface area (Å²) in [7, 11) is 0. The van der Waals surface area contributed by atoms with Gasteiger partial charge < -0.3 is 15.8 Å². The summed E-state index contributed by atoms with van der Waals surface area (Å²) in [5.41, 5.74) is 7.72. The summed E-state index contributed by atoms with van der Waals surface area (Å²) in [5.74, 6) is 1.86. The summed E-state index contributed by atoms with van der Waals surface area (Å²) >= 11 is 0. The monoisotopic (exact) mass is 286 g/mol. The molecule has 0 aliphatic rings. The third-order valence-corrected chi connectivity index (χ3v) is 3.01. The minimum Gasteiger partial charge on any atom is -0.476 e. The van der Waals surface area contributed by atoms with E-state index in [1.54, 1.807) is 0 Å². The van der Waals surface area contributed by atoms with E-state index in [0.717, 1.165) is 18.7 Å². The van der Waals surface area contributed by atoms with E-state index in [9.17, 15) is 0 Å². The highest BCUT2D eigenvalue weighted by molar-refractivity contribution is 5.67. The number of nitrogen functional groups attached to an aromatic ring is 1. The van der Waals surface area contributed by atoms with Gasteiger partial charge in [-0.15, -0.1) is 0 Å². The summed E-state index contributed by atoms with van der Waals surface area (Å²) in [6.45, 7) is 5.21. The van der Waals surface area contributed by atoms with Crippen LogP contribution in [0.4, 0.5) is 11.5 Å². The lowest BCUT2D eigenvalue weighted by atomic mass is 10.2. The first kappa shape index (κ1) is 15.1. The SMILES string of the molecule is CCCc1nc(NCc2ccccc2)c(N)c(OCC)n1. The Bertz CT molecular complexity index is 572. The van der Waals surface area contributed by atoms with E-state index in [-0.39, 0.29) is 0 Å². The molecule has 3 N–H and O–H groups in total. The van der Waals surface area contributed by atoms with Crippen molar-refractivity contribution in [3.63, 3.8) is 0 Å². The smallest absolute Gasteiger partial charge is 0.242 e. The number of hydrogen-bond donors (Lipinski definition) is 2. The van der Waals surface area contributed by atoms with Gasteiger partial charge in [0, 0.05) is 13.0 Å². The Labute approximate surface area is 125 Å². The molecular weight excluding hydrogens is 264 g/mol. The van der Waals surface area contributed by atoms with E-state index in [4.69, 9.17) is 10.5 Å². The maximum absolute atomic E-state index is 6.09. The number of anilines is 2.